The van der Waals surface area contributed by atoms with Crippen molar-refractivity contribution >= 4 is 11.5 Å². The summed E-state index contributed by atoms with van der Waals surface area (Å²) in [5.74, 6) is 0.950. The van der Waals surface area contributed by atoms with Crippen LogP contribution in [-0.2, 0) is 6.54 Å². The number of para-hydroxylation sites is 1. The fraction of sp³-hybridized carbons (Fsp3) is 0.333. The zero-order valence-corrected chi connectivity index (χ0v) is 11.1. The predicted octanol–water partition coefficient (Wildman–Crippen LogP) is 2.54. The van der Waals surface area contributed by atoms with Gasteiger partial charge < -0.3 is 10.6 Å². The number of nitrogen functional groups attached to an aromatic ring is 1. The summed E-state index contributed by atoms with van der Waals surface area (Å²) in [6, 6.07) is 10.7. The van der Waals surface area contributed by atoms with Gasteiger partial charge in [0.1, 0.15) is 0 Å². The SMILES string of the molecule is Cc1cnnc(N(Cc2ccccc2N)C2CC2)c1. The Morgan fingerprint density at radius 3 is 2.79 bits per heavy atom. The minimum atomic E-state index is 0.579. The lowest BCUT2D eigenvalue weighted by atomic mass is 10.1. The number of aryl methyl sites for hydroxylation is 1. The maximum Gasteiger partial charge on any atom is 0.152 e. The van der Waals surface area contributed by atoms with E-state index >= 15 is 0 Å². The number of anilines is 2. The van der Waals surface area contributed by atoms with Crippen LogP contribution in [0.1, 0.15) is 24.0 Å². The Balaban J connectivity index is 1.88. The second-order valence-electron chi connectivity index (χ2n) is 5.15. The first kappa shape index (κ1) is 12.0. The summed E-state index contributed by atoms with van der Waals surface area (Å²) in [7, 11) is 0. The Labute approximate surface area is 113 Å². The predicted molar refractivity (Wildman–Crippen MR) is 76.8 cm³/mol. The van der Waals surface area contributed by atoms with Gasteiger partial charge in [-0.2, -0.15) is 5.10 Å². The van der Waals surface area contributed by atoms with Gasteiger partial charge in [-0.15, -0.1) is 5.10 Å². The zero-order chi connectivity index (χ0) is 13.2. The van der Waals surface area contributed by atoms with E-state index in [1.807, 2.05) is 25.1 Å². The molecule has 0 bridgehead atoms. The Morgan fingerprint density at radius 2 is 2.11 bits per heavy atom. The van der Waals surface area contributed by atoms with Crippen LogP contribution in [0.2, 0.25) is 0 Å². The summed E-state index contributed by atoms with van der Waals surface area (Å²) in [6.07, 6.45) is 4.23. The third-order valence-electron chi connectivity index (χ3n) is 3.46. The van der Waals surface area contributed by atoms with Crippen molar-refractivity contribution in [2.75, 3.05) is 10.6 Å². The number of hydrogen-bond donors (Lipinski definition) is 1. The molecule has 0 atom stereocenters. The van der Waals surface area contributed by atoms with Crippen molar-refractivity contribution in [1.82, 2.24) is 10.2 Å². The lowest BCUT2D eigenvalue weighted by Gasteiger charge is -2.24. The van der Waals surface area contributed by atoms with Crippen molar-refractivity contribution in [1.29, 1.82) is 0 Å². The fourth-order valence-electron chi connectivity index (χ4n) is 2.23. The van der Waals surface area contributed by atoms with Gasteiger partial charge in [0.15, 0.2) is 5.82 Å². The molecule has 4 heteroatoms. The van der Waals surface area contributed by atoms with Crippen molar-refractivity contribution in [3.63, 3.8) is 0 Å². The molecule has 1 saturated carbocycles. The van der Waals surface area contributed by atoms with E-state index in [-0.39, 0.29) is 0 Å². The average Bonchev–Trinajstić information content (AvgIpc) is 3.22. The van der Waals surface area contributed by atoms with Crippen molar-refractivity contribution < 1.29 is 0 Å². The topological polar surface area (TPSA) is 55.0 Å². The van der Waals surface area contributed by atoms with Gasteiger partial charge in [0.2, 0.25) is 0 Å². The lowest BCUT2D eigenvalue weighted by Crippen LogP contribution is -2.26. The molecule has 0 unspecified atom stereocenters. The van der Waals surface area contributed by atoms with E-state index in [0.717, 1.165) is 29.2 Å². The highest BCUT2D eigenvalue weighted by Gasteiger charge is 2.30. The number of benzene rings is 1. The van der Waals surface area contributed by atoms with E-state index in [0.29, 0.717) is 6.04 Å². The maximum absolute atomic E-state index is 6.03. The van der Waals surface area contributed by atoms with E-state index in [4.69, 9.17) is 5.73 Å². The molecule has 0 spiro atoms. The highest BCUT2D eigenvalue weighted by atomic mass is 15.3. The first-order valence-corrected chi connectivity index (χ1v) is 6.63. The van der Waals surface area contributed by atoms with E-state index in [2.05, 4.69) is 27.2 Å². The average molecular weight is 254 g/mol. The smallest absolute Gasteiger partial charge is 0.152 e. The summed E-state index contributed by atoms with van der Waals surface area (Å²) in [5.41, 5.74) is 9.16. The molecule has 4 nitrogen and oxygen atoms in total. The molecular formula is C15H18N4. The molecule has 0 aliphatic heterocycles. The normalized spacial score (nSPS) is 14.4. The second-order valence-corrected chi connectivity index (χ2v) is 5.15. The van der Waals surface area contributed by atoms with Crippen LogP contribution in [-0.4, -0.2) is 16.2 Å². The highest BCUT2D eigenvalue weighted by molar-refractivity contribution is 5.50. The molecule has 98 valence electrons. The lowest BCUT2D eigenvalue weighted by molar-refractivity contribution is 0.763. The van der Waals surface area contributed by atoms with Crippen LogP contribution in [0.15, 0.2) is 36.5 Å². The molecule has 19 heavy (non-hydrogen) atoms. The van der Waals surface area contributed by atoms with Gasteiger partial charge in [0.25, 0.3) is 0 Å². The maximum atomic E-state index is 6.03. The molecule has 2 N–H and O–H groups in total. The summed E-state index contributed by atoms with van der Waals surface area (Å²) in [4.78, 5) is 2.31. The van der Waals surface area contributed by atoms with Crippen LogP contribution in [0.4, 0.5) is 11.5 Å². The van der Waals surface area contributed by atoms with E-state index in [1.165, 1.54) is 12.8 Å². The van der Waals surface area contributed by atoms with Gasteiger partial charge in [-0.05, 0) is 43.0 Å². The Bertz CT molecular complexity index is 578. The van der Waals surface area contributed by atoms with Crippen LogP contribution >= 0.6 is 0 Å². The number of nitrogens with zero attached hydrogens (tertiary/aromatic N) is 3. The summed E-state index contributed by atoms with van der Waals surface area (Å²) in [6.45, 7) is 2.84. The molecule has 1 heterocycles. The molecule has 0 saturated heterocycles. The first-order chi connectivity index (χ1) is 9.24. The Morgan fingerprint density at radius 1 is 1.32 bits per heavy atom. The first-order valence-electron chi connectivity index (χ1n) is 6.63. The summed E-state index contributed by atoms with van der Waals surface area (Å²) in [5, 5.41) is 8.32. The molecule has 1 aromatic carbocycles. The molecule has 1 aliphatic rings. The van der Waals surface area contributed by atoms with Gasteiger partial charge >= 0.3 is 0 Å². The summed E-state index contributed by atoms with van der Waals surface area (Å²) >= 11 is 0. The fourth-order valence-corrected chi connectivity index (χ4v) is 2.23. The molecule has 1 fully saturated rings. The second kappa shape index (κ2) is 4.88. The largest absolute Gasteiger partial charge is 0.398 e. The van der Waals surface area contributed by atoms with Crippen molar-refractivity contribution in [3.05, 3.63) is 47.7 Å². The van der Waals surface area contributed by atoms with Gasteiger partial charge in [-0.1, -0.05) is 18.2 Å². The molecule has 0 amide bonds. The van der Waals surface area contributed by atoms with Crippen LogP contribution < -0.4 is 10.6 Å². The Kier molecular flexibility index (Phi) is 3.07. The van der Waals surface area contributed by atoms with Gasteiger partial charge in [-0.25, -0.2) is 0 Å². The van der Waals surface area contributed by atoms with Crippen LogP contribution in [0.5, 0.6) is 0 Å². The molecule has 1 aliphatic carbocycles. The minimum Gasteiger partial charge on any atom is -0.398 e. The molecule has 1 aromatic heterocycles. The van der Waals surface area contributed by atoms with E-state index in [1.54, 1.807) is 6.20 Å². The monoisotopic (exact) mass is 254 g/mol. The van der Waals surface area contributed by atoms with Crippen LogP contribution in [0.25, 0.3) is 0 Å². The van der Waals surface area contributed by atoms with Crippen LogP contribution in [0, 0.1) is 6.92 Å². The number of aromatic nitrogens is 2. The summed E-state index contributed by atoms with van der Waals surface area (Å²) < 4.78 is 0. The molecule has 3 rings (SSSR count). The molecular weight excluding hydrogens is 236 g/mol. The van der Waals surface area contributed by atoms with E-state index < -0.39 is 0 Å². The van der Waals surface area contributed by atoms with Gasteiger partial charge in [0, 0.05) is 18.3 Å². The molecule has 2 aromatic rings. The quantitative estimate of drug-likeness (QED) is 0.852. The molecule has 0 radical (unpaired) electrons. The van der Waals surface area contributed by atoms with Gasteiger partial charge in [0.05, 0.1) is 6.20 Å². The number of hydrogen-bond acceptors (Lipinski definition) is 4. The van der Waals surface area contributed by atoms with Gasteiger partial charge in [-0.3, -0.25) is 0 Å². The Hall–Kier alpha value is -2.10. The van der Waals surface area contributed by atoms with Crippen molar-refractivity contribution in [2.45, 2.75) is 32.4 Å². The third-order valence-corrected chi connectivity index (χ3v) is 3.46. The van der Waals surface area contributed by atoms with Crippen molar-refractivity contribution in [2.24, 2.45) is 0 Å². The standard InChI is InChI=1S/C15H18N4/c1-11-8-15(18-17-9-11)19(13-6-7-13)10-12-4-2-3-5-14(12)16/h2-5,8-9,13H,6-7,10,16H2,1H3. The van der Waals surface area contributed by atoms with Crippen molar-refractivity contribution in [3.8, 4) is 0 Å². The highest BCUT2D eigenvalue weighted by Crippen LogP contribution is 2.32. The van der Waals surface area contributed by atoms with E-state index in [9.17, 15) is 0 Å². The number of nitrogens with two attached hydrogens (primary N) is 1. The third kappa shape index (κ3) is 2.67. The minimum absolute atomic E-state index is 0.579. The number of rotatable bonds is 4. The zero-order valence-electron chi connectivity index (χ0n) is 11.1. The van der Waals surface area contributed by atoms with Crippen LogP contribution in [0.3, 0.4) is 0 Å².